The van der Waals surface area contributed by atoms with Gasteiger partial charge in [-0.1, -0.05) is 29.8 Å². The van der Waals surface area contributed by atoms with E-state index in [1.165, 1.54) is 6.92 Å². The van der Waals surface area contributed by atoms with Crippen LogP contribution in [0.3, 0.4) is 0 Å². The van der Waals surface area contributed by atoms with Crippen molar-refractivity contribution in [3.8, 4) is 0 Å². The Balaban J connectivity index is 4.90. The minimum atomic E-state index is -1.19. The number of hydrogen-bond donors (Lipinski definition) is 3. The maximum absolute atomic E-state index is 12.0. The molecule has 0 heterocycles. The lowest BCUT2D eigenvalue weighted by Crippen LogP contribution is -2.53. The highest BCUT2D eigenvalue weighted by atomic mass is 79.9. The molecule has 8 heteroatoms. The van der Waals surface area contributed by atoms with Crippen LogP contribution in [0.5, 0.6) is 0 Å². The predicted molar refractivity (Wildman–Crippen MR) is 75.4 cm³/mol. The smallest absolute Gasteiger partial charge is 0.305 e. The number of aliphatic carboxylic acids is 1. The van der Waals surface area contributed by atoms with Gasteiger partial charge < -0.3 is 15.7 Å². The maximum atomic E-state index is 12.0. The van der Waals surface area contributed by atoms with Crippen molar-refractivity contribution in [1.82, 2.24) is 10.6 Å². The van der Waals surface area contributed by atoms with Gasteiger partial charge in [0.25, 0.3) is 0 Å². The number of hydrogen-bond acceptors (Lipinski definition) is 4. The summed E-state index contributed by atoms with van der Waals surface area (Å²) in [5.41, 5.74) is 0. The fourth-order valence-electron chi connectivity index (χ4n) is 1.53. The Bertz CT molecular complexity index is 397. The molecule has 2 unspecified atom stereocenters. The van der Waals surface area contributed by atoms with Crippen LogP contribution in [0.25, 0.3) is 0 Å². The number of rotatable bonds is 8. The van der Waals surface area contributed by atoms with Crippen LogP contribution in [0.15, 0.2) is 0 Å². The maximum Gasteiger partial charge on any atom is 0.305 e. The van der Waals surface area contributed by atoms with E-state index >= 15 is 0 Å². The summed E-state index contributed by atoms with van der Waals surface area (Å²) in [5.74, 6) is -2.77. The molecule has 0 aliphatic heterocycles. The molecule has 7 nitrogen and oxygen atoms in total. The van der Waals surface area contributed by atoms with Crippen LogP contribution in [-0.4, -0.2) is 46.1 Å². The summed E-state index contributed by atoms with van der Waals surface area (Å²) in [7, 11) is 0. The number of nitrogens with one attached hydrogen (secondary N) is 2. The van der Waals surface area contributed by atoms with Gasteiger partial charge in [0, 0.05) is 6.92 Å². The molecule has 0 aliphatic rings. The van der Waals surface area contributed by atoms with Gasteiger partial charge in [-0.15, -0.1) is 0 Å². The molecule has 0 bridgehead atoms. The van der Waals surface area contributed by atoms with Crippen LogP contribution in [-0.2, 0) is 19.2 Å². The molecular formula is C12H19BrN2O5. The van der Waals surface area contributed by atoms with Crippen LogP contribution < -0.4 is 10.6 Å². The number of Topliss-reactive ketones (excluding diaryl/α,β-unsaturated/α-hetero) is 1. The second-order valence-electron chi connectivity index (χ2n) is 4.68. The Morgan fingerprint density at radius 1 is 1.15 bits per heavy atom. The molecule has 114 valence electrons. The molecule has 0 aromatic carbocycles. The number of amides is 2. The number of carboxylic acid groups (broad SMARTS) is 1. The molecular weight excluding hydrogens is 332 g/mol. The average Bonchev–Trinajstić information content (AvgIpc) is 2.32. The van der Waals surface area contributed by atoms with Gasteiger partial charge in [-0.05, 0) is 5.92 Å². The molecule has 0 aliphatic carbocycles. The normalized spacial score (nSPS) is 13.4. The van der Waals surface area contributed by atoms with Gasteiger partial charge in [0.2, 0.25) is 11.8 Å². The highest BCUT2D eigenvalue weighted by Gasteiger charge is 2.28. The fraction of sp³-hybridized carbons (Fsp3) is 0.667. The van der Waals surface area contributed by atoms with Gasteiger partial charge >= 0.3 is 5.97 Å². The number of ketones is 1. The summed E-state index contributed by atoms with van der Waals surface area (Å²) < 4.78 is 0. The SMILES string of the molecule is CC(=O)NC(C(=O)NC(CC(=O)O)C(=O)CBr)C(C)C. The first-order valence-corrected chi connectivity index (χ1v) is 7.19. The summed E-state index contributed by atoms with van der Waals surface area (Å²) in [4.78, 5) is 45.4. The van der Waals surface area contributed by atoms with Gasteiger partial charge in [0.05, 0.1) is 17.8 Å². The van der Waals surface area contributed by atoms with E-state index in [-0.39, 0.29) is 17.2 Å². The second kappa shape index (κ2) is 8.68. The molecule has 0 fully saturated rings. The van der Waals surface area contributed by atoms with E-state index in [4.69, 9.17) is 5.11 Å². The molecule has 2 atom stereocenters. The molecule has 2 amide bonds. The Morgan fingerprint density at radius 3 is 2.05 bits per heavy atom. The van der Waals surface area contributed by atoms with Crippen molar-refractivity contribution in [2.45, 2.75) is 39.3 Å². The second-order valence-corrected chi connectivity index (χ2v) is 5.24. The third-order valence-corrected chi connectivity index (χ3v) is 3.08. The average molecular weight is 351 g/mol. The zero-order chi connectivity index (χ0) is 15.9. The lowest BCUT2D eigenvalue weighted by molar-refractivity contribution is -0.140. The van der Waals surface area contributed by atoms with Crippen LogP contribution >= 0.6 is 15.9 Å². The lowest BCUT2D eigenvalue weighted by atomic mass is 10.0. The van der Waals surface area contributed by atoms with Gasteiger partial charge in [0.1, 0.15) is 6.04 Å². The third kappa shape index (κ3) is 6.65. The number of halogens is 1. The van der Waals surface area contributed by atoms with E-state index in [2.05, 4.69) is 26.6 Å². The largest absolute Gasteiger partial charge is 0.481 e. The van der Waals surface area contributed by atoms with Gasteiger partial charge in [-0.3, -0.25) is 19.2 Å². The summed E-state index contributed by atoms with van der Waals surface area (Å²) in [6.07, 6.45) is -0.499. The fourth-order valence-corrected chi connectivity index (χ4v) is 1.92. The van der Waals surface area contributed by atoms with Gasteiger partial charge in [0.15, 0.2) is 5.78 Å². The minimum absolute atomic E-state index is 0.0578. The number of carbonyl (C=O) groups is 4. The molecule has 0 rings (SSSR count). The predicted octanol–water partition coefficient (Wildman–Crippen LogP) is 0.0706. The first-order chi connectivity index (χ1) is 9.18. The van der Waals surface area contributed by atoms with Gasteiger partial charge in [-0.2, -0.15) is 0 Å². The van der Waals surface area contributed by atoms with E-state index in [9.17, 15) is 19.2 Å². The number of carbonyl (C=O) groups excluding carboxylic acids is 3. The first-order valence-electron chi connectivity index (χ1n) is 6.07. The lowest BCUT2D eigenvalue weighted by Gasteiger charge is -2.23. The topological polar surface area (TPSA) is 113 Å². The summed E-state index contributed by atoms with van der Waals surface area (Å²) in [6.45, 7) is 4.75. The minimum Gasteiger partial charge on any atom is -0.481 e. The molecule has 0 spiro atoms. The third-order valence-electron chi connectivity index (χ3n) is 2.52. The molecule has 0 aromatic heterocycles. The zero-order valence-electron chi connectivity index (χ0n) is 11.6. The molecule has 20 heavy (non-hydrogen) atoms. The summed E-state index contributed by atoms with van der Waals surface area (Å²) >= 11 is 2.94. The van der Waals surface area contributed by atoms with Crippen LogP contribution in [0, 0.1) is 5.92 Å². The number of alkyl halides is 1. The van der Waals surface area contributed by atoms with Crippen molar-refractivity contribution < 1.29 is 24.3 Å². The Labute approximate surface area is 125 Å². The van der Waals surface area contributed by atoms with Crippen molar-refractivity contribution >= 4 is 39.5 Å². The standard InChI is InChI=1S/C12H19BrN2O5/c1-6(2)11(14-7(3)16)12(20)15-8(4-10(18)19)9(17)5-13/h6,8,11H,4-5H2,1-3H3,(H,14,16)(H,15,20)(H,18,19). The Hall–Kier alpha value is -1.44. The summed E-state index contributed by atoms with van der Waals surface area (Å²) in [6, 6.07) is -1.93. The van der Waals surface area contributed by atoms with E-state index < -0.39 is 36.2 Å². The molecule has 0 saturated heterocycles. The van der Waals surface area contributed by atoms with Crippen LogP contribution in [0.2, 0.25) is 0 Å². The highest BCUT2D eigenvalue weighted by molar-refractivity contribution is 9.09. The van der Waals surface area contributed by atoms with E-state index in [0.29, 0.717) is 0 Å². The molecule has 0 saturated carbocycles. The van der Waals surface area contributed by atoms with E-state index in [1.807, 2.05) is 0 Å². The zero-order valence-corrected chi connectivity index (χ0v) is 13.2. The van der Waals surface area contributed by atoms with Crippen molar-refractivity contribution in [3.05, 3.63) is 0 Å². The van der Waals surface area contributed by atoms with Gasteiger partial charge in [-0.25, -0.2) is 0 Å². The highest BCUT2D eigenvalue weighted by Crippen LogP contribution is 2.05. The summed E-state index contributed by atoms with van der Waals surface area (Å²) in [5, 5.41) is 13.5. The van der Waals surface area contributed by atoms with Crippen molar-refractivity contribution in [3.63, 3.8) is 0 Å². The Morgan fingerprint density at radius 2 is 1.70 bits per heavy atom. The van der Waals surface area contributed by atoms with Crippen LogP contribution in [0.4, 0.5) is 0 Å². The van der Waals surface area contributed by atoms with Crippen molar-refractivity contribution in [2.75, 3.05) is 5.33 Å². The molecule has 0 aromatic rings. The monoisotopic (exact) mass is 350 g/mol. The number of carboxylic acids is 1. The van der Waals surface area contributed by atoms with E-state index in [1.54, 1.807) is 13.8 Å². The quantitative estimate of drug-likeness (QED) is 0.536. The Kier molecular flexibility index (Phi) is 8.05. The van der Waals surface area contributed by atoms with Crippen molar-refractivity contribution in [1.29, 1.82) is 0 Å². The molecule has 0 radical (unpaired) electrons. The van der Waals surface area contributed by atoms with Crippen molar-refractivity contribution in [2.24, 2.45) is 5.92 Å². The molecule has 3 N–H and O–H groups in total. The first kappa shape index (κ1) is 18.6. The van der Waals surface area contributed by atoms with Crippen LogP contribution in [0.1, 0.15) is 27.2 Å². The van der Waals surface area contributed by atoms with E-state index in [0.717, 1.165) is 0 Å².